The topological polar surface area (TPSA) is 115 Å². The Bertz CT molecular complexity index is 1480. The van der Waals surface area contributed by atoms with Crippen LogP contribution in [0.5, 0.6) is 0 Å². The summed E-state index contributed by atoms with van der Waals surface area (Å²) >= 11 is 3.21. The second kappa shape index (κ2) is 12.4. The van der Waals surface area contributed by atoms with Gasteiger partial charge < -0.3 is 10.6 Å². The first-order valence-corrected chi connectivity index (χ1v) is 15.5. The molecule has 228 valence electrons. The molecule has 4 rings (SSSR count). The fourth-order valence-electron chi connectivity index (χ4n) is 4.58. The molecule has 1 atom stereocenters. The molecule has 1 aliphatic rings. The quantitative estimate of drug-likeness (QED) is 0.196. The lowest BCUT2D eigenvalue weighted by atomic mass is 9.91. The SMILES string of the molecule is CS(=O)(=O)c1ncc(CN(Cc2cc(C(F)(F)F)cc(C(F)(F)F)c2)c2ncc(Br)cn2)c(C(CCN)CC2CC2)n1. The summed E-state index contributed by atoms with van der Waals surface area (Å²) in [7, 11) is -3.78. The van der Waals surface area contributed by atoms with Gasteiger partial charge in [0.15, 0.2) is 0 Å². The maximum Gasteiger partial charge on any atom is 0.416 e. The van der Waals surface area contributed by atoms with E-state index in [1.807, 2.05) is 0 Å². The van der Waals surface area contributed by atoms with Gasteiger partial charge in [-0.15, -0.1) is 0 Å². The molecule has 3 aromatic rings. The van der Waals surface area contributed by atoms with Crippen molar-refractivity contribution in [3.63, 3.8) is 0 Å². The van der Waals surface area contributed by atoms with Gasteiger partial charge >= 0.3 is 12.4 Å². The first-order valence-electron chi connectivity index (χ1n) is 12.8. The predicted octanol–water partition coefficient (Wildman–Crippen LogP) is 5.91. The van der Waals surface area contributed by atoms with Gasteiger partial charge in [-0.25, -0.2) is 28.4 Å². The highest BCUT2D eigenvalue weighted by Gasteiger charge is 2.37. The number of halogens is 7. The van der Waals surface area contributed by atoms with Crippen molar-refractivity contribution in [2.75, 3.05) is 17.7 Å². The second-order valence-corrected chi connectivity index (χ2v) is 13.1. The molecule has 0 bridgehead atoms. The van der Waals surface area contributed by atoms with Crippen molar-refractivity contribution < 1.29 is 34.8 Å². The number of rotatable bonds is 11. The average molecular weight is 682 g/mol. The lowest BCUT2D eigenvalue weighted by Gasteiger charge is -2.26. The molecule has 0 spiro atoms. The van der Waals surface area contributed by atoms with Crippen molar-refractivity contribution in [2.45, 2.75) is 62.2 Å². The number of nitrogens with two attached hydrogens (primary N) is 1. The molecule has 42 heavy (non-hydrogen) atoms. The van der Waals surface area contributed by atoms with Crippen LogP contribution < -0.4 is 10.6 Å². The summed E-state index contributed by atoms with van der Waals surface area (Å²) in [4.78, 5) is 18.2. The first kappa shape index (κ1) is 32.1. The van der Waals surface area contributed by atoms with E-state index < -0.39 is 45.0 Å². The predicted molar refractivity (Wildman–Crippen MR) is 145 cm³/mol. The molecule has 1 unspecified atom stereocenters. The van der Waals surface area contributed by atoms with Crippen LogP contribution in [0.15, 0.2) is 46.4 Å². The molecule has 2 heterocycles. The third-order valence-electron chi connectivity index (χ3n) is 6.70. The smallest absolute Gasteiger partial charge is 0.332 e. The van der Waals surface area contributed by atoms with Gasteiger partial charge in [-0.1, -0.05) is 12.8 Å². The number of nitrogens with zero attached hydrogens (tertiary/aromatic N) is 5. The van der Waals surface area contributed by atoms with E-state index in [1.54, 1.807) is 0 Å². The van der Waals surface area contributed by atoms with E-state index in [2.05, 4.69) is 35.9 Å². The third-order valence-corrected chi connectivity index (χ3v) is 7.97. The Morgan fingerprint density at radius 3 is 2.07 bits per heavy atom. The van der Waals surface area contributed by atoms with E-state index in [4.69, 9.17) is 5.73 Å². The molecule has 8 nitrogen and oxygen atoms in total. The fraction of sp³-hybridized carbons (Fsp3) is 0.462. The van der Waals surface area contributed by atoms with E-state index in [0.717, 1.165) is 19.1 Å². The number of anilines is 1. The lowest BCUT2D eigenvalue weighted by Crippen LogP contribution is -2.27. The summed E-state index contributed by atoms with van der Waals surface area (Å²) in [6.45, 7) is -0.282. The van der Waals surface area contributed by atoms with Gasteiger partial charge in [0.05, 0.1) is 21.3 Å². The maximum absolute atomic E-state index is 13.6. The standard InChI is InChI=1S/C26H27BrF6N6O2S/c1-42(40,41)24-37-10-18(22(38-24)17(4-5-34)6-15-2-3-15)14-39(23-35-11-21(27)12-36-23)13-16-7-19(25(28,29)30)9-20(8-16)26(31,32)33/h7-12,15,17H,2-6,13-14,34H2,1H3. The van der Waals surface area contributed by atoms with Crippen molar-refractivity contribution >= 4 is 31.7 Å². The number of aromatic nitrogens is 4. The van der Waals surface area contributed by atoms with Crippen LogP contribution >= 0.6 is 15.9 Å². The van der Waals surface area contributed by atoms with Crippen LogP contribution in [-0.4, -0.2) is 41.2 Å². The van der Waals surface area contributed by atoms with Gasteiger partial charge in [0.1, 0.15) is 0 Å². The highest BCUT2D eigenvalue weighted by atomic mass is 79.9. The van der Waals surface area contributed by atoms with E-state index >= 15 is 0 Å². The minimum Gasteiger partial charge on any atom is -0.332 e. The number of sulfone groups is 1. The Balaban J connectivity index is 1.81. The van der Waals surface area contributed by atoms with E-state index in [-0.39, 0.29) is 30.0 Å². The van der Waals surface area contributed by atoms with Crippen LogP contribution in [0.2, 0.25) is 0 Å². The highest BCUT2D eigenvalue weighted by Crippen LogP contribution is 2.41. The highest BCUT2D eigenvalue weighted by molar-refractivity contribution is 9.10. The monoisotopic (exact) mass is 680 g/mol. The lowest BCUT2D eigenvalue weighted by molar-refractivity contribution is -0.143. The van der Waals surface area contributed by atoms with Crippen LogP contribution in [0.25, 0.3) is 0 Å². The molecule has 0 radical (unpaired) electrons. The summed E-state index contributed by atoms with van der Waals surface area (Å²) in [5.74, 6) is 0.196. The average Bonchev–Trinajstić information content (AvgIpc) is 3.71. The first-order chi connectivity index (χ1) is 19.5. The molecule has 2 N–H and O–H groups in total. The van der Waals surface area contributed by atoms with Crippen molar-refractivity contribution in [3.05, 3.63) is 69.2 Å². The summed E-state index contributed by atoms with van der Waals surface area (Å²) in [5.41, 5.74) is 3.52. The Morgan fingerprint density at radius 2 is 1.57 bits per heavy atom. The van der Waals surface area contributed by atoms with Gasteiger partial charge in [-0.3, -0.25) is 0 Å². The number of hydrogen-bond donors (Lipinski definition) is 1. The Kier molecular flexibility index (Phi) is 9.47. The summed E-state index contributed by atoms with van der Waals surface area (Å²) in [5, 5.41) is -0.391. The van der Waals surface area contributed by atoms with E-state index in [9.17, 15) is 34.8 Å². The Hall–Kier alpha value is -2.85. The van der Waals surface area contributed by atoms with Crippen LogP contribution in [-0.2, 0) is 35.3 Å². The van der Waals surface area contributed by atoms with Gasteiger partial charge in [0, 0.05) is 49.4 Å². The van der Waals surface area contributed by atoms with Crippen LogP contribution in [0.3, 0.4) is 0 Å². The molecule has 1 aromatic carbocycles. The molecule has 0 aliphatic heterocycles. The zero-order valence-corrected chi connectivity index (χ0v) is 24.7. The van der Waals surface area contributed by atoms with Crippen molar-refractivity contribution in [1.82, 2.24) is 19.9 Å². The molecule has 0 saturated heterocycles. The fourth-order valence-corrected chi connectivity index (χ4v) is 5.30. The Morgan fingerprint density at radius 1 is 0.976 bits per heavy atom. The summed E-state index contributed by atoms with van der Waals surface area (Å²) in [6, 6.07) is 1.36. The maximum atomic E-state index is 13.6. The molecule has 1 fully saturated rings. The molecule has 2 aromatic heterocycles. The van der Waals surface area contributed by atoms with Gasteiger partial charge in [0.25, 0.3) is 0 Å². The molecular formula is C26H27BrF6N6O2S. The minimum atomic E-state index is -5.02. The molecule has 16 heteroatoms. The minimum absolute atomic E-state index is 0.0138. The summed E-state index contributed by atoms with van der Waals surface area (Å²) in [6.07, 6.45) is -1.78. The van der Waals surface area contributed by atoms with E-state index in [0.29, 0.717) is 53.2 Å². The van der Waals surface area contributed by atoms with Crippen molar-refractivity contribution in [3.8, 4) is 0 Å². The Labute approximate surface area is 246 Å². The molecule has 1 aliphatic carbocycles. The zero-order chi connectivity index (χ0) is 30.9. The van der Waals surface area contributed by atoms with Crippen molar-refractivity contribution in [1.29, 1.82) is 0 Å². The normalized spacial score (nSPS) is 15.1. The summed E-state index contributed by atoms with van der Waals surface area (Å²) < 4.78 is 106. The van der Waals surface area contributed by atoms with Gasteiger partial charge in [-0.05, 0) is 65.0 Å². The van der Waals surface area contributed by atoms with E-state index in [1.165, 1.54) is 23.5 Å². The molecule has 1 saturated carbocycles. The molecule has 0 amide bonds. The van der Waals surface area contributed by atoms with Crippen LogP contribution in [0.4, 0.5) is 32.3 Å². The number of alkyl halides is 6. The van der Waals surface area contributed by atoms with Crippen LogP contribution in [0, 0.1) is 5.92 Å². The van der Waals surface area contributed by atoms with Gasteiger partial charge in [-0.2, -0.15) is 26.3 Å². The number of hydrogen-bond acceptors (Lipinski definition) is 8. The molecular weight excluding hydrogens is 654 g/mol. The largest absolute Gasteiger partial charge is 0.416 e. The van der Waals surface area contributed by atoms with Crippen molar-refractivity contribution in [2.24, 2.45) is 11.7 Å². The van der Waals surface area contributed by atoms with Crippen LogP contribution in [0.1, 0.15) is 59.5 Å². The second-order valence-electron chi connectivity index (χ2n) is 10.3. The van der Waals surface area contributed by atoms with Gasteiger partial charge in [0.2, 0.25) is 20.9 Å². The number of benzene rings is 1. The third kappa shape index (κ3) is 8.37. The zero-order valence-electron chi connectivity index (χ0n) is 22.3.